The van der Waals surface area contributed by atoms with Crippen molar-refractivity contribution in [3.63, 3.8) is 0 Å². The molecular weight excluding hydrogens is 216 g/mol. The summed E-state index contributed by atoms with van der Waals surface area (Å²) in [4.78, 5) is 11.0. The Hall–Kier alpha value is -1.51. The molecule has 3 nitrogen and oxygen atoms in total. The summed E-state index contributed by atoms with van der Waals surface area (Å²) in [6.07, 6.45) is 2.09. The summed E-state index contributed by atoms with van der Waals surface area (Å²) in [5.41, 5.74) is 1.25. The van der Waals surface area contributed by atoms with Crippen LogP contribution in [0, 0.1) is 12.8 Å². The monoisotopic (exact) mass is 236 g/mol. The number of rotatable bonds is 6. The van der Waals surface area contributed by atoms with Crippen molar-refractivity contribution in [3.05, 3.63) is 29.3 Å². The number of ether oxygens (including phenoxy) is 1. The molecule has 1 rings (SSSR count). The number of benzene rings is 1. The molecule has 3 heteroatoms. The summed E-state index contributed by atoms with van der Waals surface area (Å²) in [5, 5.41) is 9.06. The van der Waals surface area contributed by atoms with Crippen molar-refractivity contribution in [2.45, 2.75) is 33.6 Å². The van der Waals surface area contributed by atoms with Crippen molar-refractivity contribution in [1.82, 2.24) is 0 Å². The van der Waals surface area contributed by atoms with E-state index in [2.05, 4.69) is 13.8 Å². The van der Waals surface area contributed by atoms with Crippen LogP contribution < -0.4 is 4.74 Å². The van der Waals surface area contributed by atoms with Crippen LogP contribution in [0.5, 0.6) is 5.75 Å². The Bertz CT molecular complexity index is 381. The maximum Gasteiger partial charge on any atom is 0.339 e. The highest BCUT2D eigenvalue weighted by Gasteiger charge is 2.12. The summed E-state index contributed by atoms with van der Waals surface area (Å²) in [6.45, 7) is 6.74. The maximum absolute atomic E-state index is 11.0. The average molecular weight is 236 g/mol. The number of hydrogen-bond acceptors (Lipinski definition) is 2. The van der Waals surface area contributed by atoms with Gasteiger partial charge in [-0.05, 0) is 30.5 Å². The molecule has 0 aliphatic carbocycles. The second-order valence-corrected chi connectivity index (χ2v) is 4.30. The minimum atomic E-state index is -0.940. The minimum Gasteiger partial charge on any atom is -0.492 e. The predicted molar refractivity (Wildman–Crippen MR) is 67.7 cm³/mol. The molecule has 17 heavy (non-hydrogen) atoms. The highest BCUT2D eigenvalue weighted by molar-refractivity contribution is 5.90. The molecule has 0 spiro atoms. The third kappa shape index (κ3) is 3.77. The van der Waals surface area contributed by atoms with E-state index >= 15 is 0 Å². The van der Waals surface area contributed by atoms with E-state index in [0.29, 0.717) is 18.3 Å². The van der Waals surface area contributed by atoms with E-state index in [9.17, 15) is 4.79 Å². The van der Waals surface area contributed by atoms with Gasteiger partial charge in [0, 0.05) is 0 Å². The zero-order valence-electron chi connectivity index (χ0n) is 10.7. The molecule has 0 saturated heterocycles. The van der Waals surface area contributed by atoms with Crippen LogP contribution in [0.1, 0.15) is 42.6 Å². The van der Waals surface area contributed by atoms with Gasteiger partial charge in [0.05, 0.1) is 6.61 Å². The lowest BCUT2D eigenvalue weighted by Crippen LogP contribution is -2.12. The van der Waals surface area contributed by atoms with Crippen LogP contribution >= 0.6 is 0 Å². The van der Waals surface area contributed by atoms with E-state index in [4.69, 9.17) is 9.84 Å². The molecule has 1 aromatic carbocycles. The molecule has 1 aromatic rings. The molecule has 0 saturated carbocycles. The smallest absolute Gasteiger partial charge is 0.339 e. The van der Waals surface area contributed by atoms with Crippen molar-refractivity contribution >= 4 is 5.97 Å². The number of carbonyl (C=O) groups is 1. The quantitative estimate of drug-likeness (QED) is 0.822. The van der Waals surface area contributed by atoms with Crippen LogP contribution in [0.15, 0.2) is 18.2 Å². The van der Waals surface area contributed by atoms with Crippen molar-refractivity contribution < 1.29 is 14.6 Å². The van der Waals surface area contributed by atoms with Gasteiger partial charge in [-0.3, -0.25) is 0 Å². The van der Waals surface area contributed by atoms with E-state index in [-0.39, 0.29) is 5.56 Å². The Morgan fingerprint density at radius 1 is 1.35 bits per heavy atom. The topological polar surface area (TPSA) is 46.5 Å². The van der Waals surface area contributed by atoms with E-state index in [0.717, 1.165) is 18.4 Å². The van der Waals surface area contributed by atoms with Gasteiger partial charge in [-0.1, -0.05) is 32.8 Å². The van der Waals surface area contributed by atoms with E-state index < -0.39 is 5.97 Å². The third-order valence-electron chi connectivity index (χ3n) is 3.00. The highest BCUT2D eigenvalue weighted by atomic mass is 16.5. The fourth-order valence-electron chi connectivity index (χ4n) is 1.66. The average Bonchev–Trinajstić information content (AvgIpc) is 2.30. The second-order valence-electron chi connectivity index (χ2n) is 4.30. The molecule has 94 valence electrons. The number of carboxylic acids is 1. The lowest BCUT2D eigenvalue weighted by molar-refractivity contribution is 0.0691. The van der Waals surface area contributed by atoms with Crippen LogP contribution in [0.4, 0.5) is 0 Å². The first kappa shape index (κ1) is 13.6. The van der Waals surface area contributed by atoms with Gasteiger partial charge in [0.15, 0.2) is 0 Å². The molecule has 0 amide bonds. The van der Waals surface area contributed by atoms with Gasteiger partial charge in [-0.2, -0.15) is 0 Å². The first-order valence-electron chi connectivity index (χ1n) is 6.05. The zero-order valence-corrected chi connectivity index (χ0v) is 10.7. The van der Waals surface area contributed by atoms with Crippen molar-refractivity contribution in [3.8, 4) is 5.75 Å². The predicted octanol–water partition coefficient (Wildman–Crippen LogP) is 3.51. The van der Waals surface area contributed by atoms with Crippen LogP contribution in [0.25, 0.3) is 0 Å². The van der Waals surface area contributed by atoms with Gasteiger partial charge < -0.3 is 9.84 Å². The van der Waals surface area contributed by atoms with Gasteiger partial charge in [-0.25, -0.2) is 4.79 Å². The summed E-state index contributed by atoms with van der Waals surface area (Å²) in [7, 11) is 0. The number of aryl methyl sites for hydroxylation is 1. The van der Waals surface area contributed by atoms with Crippen LogP contribution in [0.2, 0.25) is 0 Å². The standard InChI is InChI=1S/C14H20O3/c1-4-11(5-2)9-17-13-8-10(3)6-7-12(13)14(15)16/h6-8,11H,4-5,9H2,1-3H3,(H,15,16). The Balaban J connectivity index is 2.81. The fourth-order valence-corrected chi connectivity index (χ4v) is 1.66. The fraction of sp³-hybridized carbons (Fsp3) is 0.500. The van der Waals surface area contributed by atoms with Gasteiger partial charge in [-0.15, -0.1) is 0 Å². The molecule has 0 fully saturated rings. The van der Waals surface area contributed by atoms with Gasteiger partial charge >= 0.3 is 5.97 Å². The van der Waals surface area contributed by atoms with E-state index in [1.807, 2.05) is 6.92 Å². The number of carboxylic acid groups (broad SMARTS) is 1. The van der Waals surface area contributed by atoms with Crippen molar-refractivity contribution in [2.75, 3.05) is 6.61 Å². The Kier molecular flexibility index (Phi) is 5.01. The minimum absolute atomic E-state index is 0.238. The van der Waals surface area contributed by atoms with Crippen LogP contribution in [-0.4, -0.2) is 17.7 Å². The summed E-state index contributed by atoms with van der Waals surface area (Å²) in [5.74, 6) is 0.0195. The van der Waals surface area contributed by atoms with E-state index in [1.165, 1.54) is 0 Å². The molecule has 0 radical (unpaired) electrons. The molecule has 0 unspecified atom stereocenters. The molecule has 0 aliphatic rings. The normalized spacial score (nSPS) is 10.6. The molecule has 0 atom stereocenters. The Morgan fingerprint density at radius 3 is 2.53 bits per heavy atom. The Morgan fingerprint density at radius 2 is 2.00 bits per heavy atom. The van der Waals surface area contributed by atoms with Gasteiger partial charge in [0.2, 0.25) is 0 Å². The SMILES string of the molecule is CCC(CC)COc1cc(C)ccc1C(=O)O. The van der Waals surface area contributed by atoms with Gasteiger partial charge in [0.25, 0.3) is 0 Å². The maximum atomic E-state index is 11.0. The zero-order chi connectivity index (χ0) is 12.8. The Labute approximate surface area is 102 Å². The lowest BCUT2D eigenvalue weighted by Gasteiger charge is -2.15. The van der Waals surface area contributed by atoms with Crippen molar-refractivity contribution in [1.29, 1.82) is 0 Å². The van der Waals surface area contributed by atoms with Gasteiger partial charge in [0.1, 0.15) is 11.3 Å². The molecule has 1 N–H and O–H groups in total. The molecule has 0 aromatic heterocycles. The largest absolute Gasteiger partial charge is 0.492 e. The lowest BCUT2D eigenvalue weighted by atomic mass is 10.1. The molecule has 0 aliphatic heterocycles. The summed E-state index contributed by atoms with van der Waals surface area (Å²) >= 11 is 0. The second kappa shape index (κ2) is 6.28. The molecular formula is C14H20O3. The van der Waals surface area contributed by atoms with Crippen LogP contribution in [-0.2, 0) is 0 Å². The van der Waals surface area contributed by atoms with E-state index in [1.54, 1.807) is 18.2 Å². The highest BCUT2D eigenvalue weighted by Crippen LogP contribution is 2.22. The first-order valence-corrected chi connectivity index (χ1v) is 6.05. The molecule has 0 bridgehead atoms. The summed E-state index contributed by atoms with van der Waals surface area (Å²) in [6, 6.07) is 5.17. The third-order valence-corrected chi connectivity index (χ3v) is 3.00. The van der Waals surface area contributed by atoms with Crippen LogP contribution in [0.3, 0.4) is 0 Å². The number of hydrogen-bond donors (Lipinski definition) is 1. The summed E-state index contributed by atoms with van der Waals surface area (Å²) < 4.78 is 5.64. The molecule has 0 heterocycles. The number of aromatic carboxylic acids is 1. The van der Waals surface area contributed by atoms with Crippen molar-refractivity contribution in [2.24, 2.45) is 5.92 Å². The first-order chi connectivity index (χ1) is 8.08.